The first kappa shape index (κ1) is 15.9. The number of rotatable bonds is 7. The predicted molar refractivity (Wildman–Crippen MR) is 56.1 cm³/mol. The Hall–Kier alpha value is -0.113. The van der Waals surface area contributed by atoms with E-state index in [0.29, 0.717) is 0 Å². The van der Waals surface area contributed by atoms with Gasteiger partial charge in [-0.2, -0.15) is 13.2 Å². The van der Waals surface area contributed by atoms with Crippen LogP contribution in [-0.4, -0.2) is 34.8 Å². The van der Waals surface area contributed by atoms with Gasteiger partial charge in [-0.1, -0.05) is 0 Å². The van der Waals surface area contributed by atoms with Crippen LogP contribution in [0.2, 0.25) is 5.54 Å². The topological polar surface area (TPSA) is 27.7 Å². The molecule has 0 aromatic rings. The molecule has 0 bridgehead atoms. The lowest BCUT2D eigenvalue weighted by molar-refractivity contribution is -0.146. The van der Waals surface area contributed by atoms with Crippen LogP contribution in [0.3, 0.4) is 0 Å². The van der Waals surface area contributed by atoms with Crippen LogP contribution in [-0.2, 0) is 13.3 Å². The van der Waals surface area contributed by atoms with Gasteiger partial charge in [0.25, 0.3) is 0 Å². The first-order chi connectivity index (χ1) is 7.34. The van der Waals surface area contributed by atoms with Crippen LogP contribution >= 0.6 is 0 Å². The molecule has 0 N–H and O–H groups in total. The zero-order valence-corrected chi connectivity index (χ0v) is 11.1. The first-order valence-electron chi connectivity index (χ1n) is 5.32. The quantitative estimate of drug-likeness (QED) is 0.659. The summed E-state index contributed by atoms with van der Waals surface area (Å²) in [5.41, 5.74) is -1.71. The van der Waals surface area contributed by atoms with Crippen LogP contribution in [0.1, 0.15) is 27.7 Å². The molecule has 98 valence electrons. The molecule has 0 aromatic heterocycles. The molecule has 0 radical (unpaired) electrons. The van der Waals surface area contributed by atoms with Gasteiger partial charge in [-0.25, -0.2) is 0 Å². The molecule has 0 amide bonds. The molecule has 0 saturated heterocycles. The van der Waals surface area contributed by atoms with Crippen LogP contribution in [0.25, 0.3) is 0 Å². The molecule has 1 unspecified atom stereocenters. The van der Waals surface area contributed by atoms with Crippen molar-refractivity contribution >= 4 is 8.80 Å². The minimum absolute atomic E-state index is 0.145. The monoisotopic (exact) mass is 260 g/mol. The third kappa shape index (κ3) is 4.04. The molecule has 0 spiro atoms. The van der Waals surface area contributed by atoms with Gasteiger partial charge in [0.05, 0.1) is 0 Å². The summed E-state index contributed by atoms with van der Waals surface area (Å²) in [7, 11) is -3.66. The van der Waals surface area contributed by atoms with Gasteiger partial charge in [0.1, 0.15) is 5.54 Å². The van der Waals surface area contributed by atoms with Crippen molar-refractivity contribution in [3.63, 3.8) is 0 Å². The lowest BCUT2D eigenvalue weighted by Gasteiger charge is -2.34. The van der Waals surface area contributed by atoms with Gasteiger partial charge >= 0.3 is 15.0 Å². The van der Waals surface area contributed by atoms with E-state index >= 15 is 0 Å². The Morgan fingerprint density at radius 2 is 1.25 bits per heavy atom. The van der Waals surface area contributed by atoms with E-state index in [-0.39, 0.29) is 19.8 Å². The average Bonchev–Trinajstić information content (AvgIpc) is 2.16. The van der Waals surface area contributed by atoms with Crippen molar-refractivity contribution in [3.8, 4) is 0 Å². The molecular formula is C9H19F3O3Si. The molecule has 0 aliphatic heterocycles. The maximum absolute atomic E-state index is 12.7. The lowest BCUT2D eigenvalue weighted by atomic mass is 10.5. The Morgan fingerprint density at radius 3 is 1.44 bits per heavy atom. The van der Waals surface area contributed by atoms with E-state index in [9.17, 15) is 13.2 Å². The van der Waals surface area contributed by atoms with Crippen molar-refractivity contribution in [1.29, 1.82) is 0 Å². The van der Waals surface area contributed by atoms with Gasteiger partial charge in [-0.05, 0) is 27.7 Å². The highest BCUT2D eigenvalue weighted by Crippen LogP contribution is 2.40. The number of hydrogen-bond acceptors (Lipinski definition) is 3. The smallest absolute Gasteiger partial charge is 0.373 e. The fraction of sp³-hybridized carbons (Fsp3) is 1.00. The van der Waals surface area contributed by atoms with E-state index in [1.165, 1.54) is 0 Å². The number of halogens is 3. The van der Waals surface area contributed by atoms with Crippen molar-refractivity contribution in [2.24, 2.45) is 0 Å². The Morgan fingerprint density at radius 1 is 0.938 bits per heavy atom. The lowest BCUT2D eigenvalue weighted by Crippen LogP contribution is -2.53. The minimum atomic E-state index is -4.37. The Balaban J connectivity index is 4.98. The molecule has 0 saturated carbocycles. The maximum atomic E-state index is 12.7. The average molecular weight is 260 g/mol. The highest BCUT2D eigenvalue weighted by Gasteiger charge is 2.59. The molecule has 0 aromatic carbocycles. The molecule has 0 fully saturated rings. The summed E-state index contributed by atoms with van der Waals surface area (Å²) in [6.07, 6.45) is -4.37. The fourth-order valence-electron chi connectivity index (χ4n) is 1.30. The number of alkyl halides is 3. The summed E-state index contributed by atoms with van der Waals surface area (Å²) < 4.78 is 53.6. The van der Waals surface area contributed by atoms with Gasteiger partial charge < -0.3 is 13.3 Å². The van der Waals surface area contributed by atoms with Gasteiger partial charge in [-0.3, -0.25) is 0 Å². The third-order valence-corrected chi connectivity index (χ3v) is 5.52. The van der Waals surface area contributed by atoms with Gasteiger partial charge in [0.15, 0.2) is 0 Å². The summed E-state index contributed by atoms with van der Waals surface area (Å²) in [6.45, 7) is 6.37. The first-order valence-corrected chi connectivity index (χ1v) is 7.12. The summed E-state index contributed by atoms with van der Waals surface area (Å²) in [6, 6.07) is 0. The Kier molecular flexibility index (Phi) is 6.53. The van der Waals surface area contributed by atoms with E-state index in [4.69, 9.17) is 13.3 Å². The van der Waals surface area contributed by atoms with E-state index < -0.39 is 20.5 Å². The fourth-order valence-corrected chi connectivity index (χ4v) is 3.91. The van der Waals surface area contributed by atoms with Crippen molar-refractivity contribution in [1.82, 2.24) is 0 Å². The predicted octanol–water partition coefficient (Wildman–Crippen LogP) is 2.99. The highest BCUT2D eigenvalue weighted by molar-refractivity contribution is 6.62. The summed E-state index contributed by atoms with van der Waals surface area (Å²) >= 11 is 0. The van der Waals surface area contributed by atoms with Crippen LogP contribution in [0.4, 0.5) is 13.2 Å². The van der Waals surface area contributed by atoms with Crippen LogP contribution in [0.5, 0.6) is 0 Å². The van der Waals surface area contributed by atoms with Crippen molar-refractivity contribution in [2.45, 2.75) is 39.4 Å². The second kappa shape index (κ2) is 6.58. The molecule has 0 rings (SSSR count). The minimum Gasteiger partial charge on any atom is -0.373 e. The van der Waals surface area contributed by atoms with Crippen molar-refractivity contribution in [2.75, 3.05) is 19.8 Å². The van der Waals surface area contributed by atoms with Crippen molar-refractivity contribution < 1.29 is 26.4 Å². The third-order valence-electron chi connectivity index (χ3n) is 2.06. The summed E-state index contributed by atoms with van der Waals surface area (Å²) in [4.78, 5) is 0. The molecule has 0 aliphatic carbocycles. The van der Waals surface area contributed by atoms with Crippen LogP contribution in [0.15, 0.2) is 0 Å². The molecule has 16 heavy (non-hydrogen) atoms. The largest absolute Gasteiger partial charge is 0.513 e. The van der Waals surface area contributed by atoms with E-state index in [2.05, 4.69) is 0 Å². The van der Waals surface area contributed by atoms with E-state index in [1.54, 1.807) is 20.8 Å². The summed E-state index contributed by atoms with van der Waals surface area (Å²) in [5.74, 6) is 0. The Labute approximate surface area is 95.2 Å². The molecule has 1 atom stereocenters. The standard InChI is InChI=1S/C9H19F3O3Si/c1-5-13-16(14-6-2,15-7-3)8(4)9(10,11)12/h8H,5-7H2,1-4H3. The van der Waals surface area contributed by atoms with Gasteiger partial charge in [0, 0.05) is 19.8 Å². The second-order valence-electron chi connectivity index (χ2n) is 3.17. The zero-order valence-electron chi connectivity index (χ0n) is 10.1. The van der Waals surface area contributed by atoms with Crippen molar-refractivity contribution in [3.05, 3.63) is 0 Å². The highest BCUT2D eigenvalue weighted by atomic mass is 28.4. The Bertz CT molecular complexity index is 182. The van der Waals surface area contributed by atoms with E-state index in [0.717, 1.165) is 6.92 Å². The zero-order chi connectivity index (χ0) is 12.8. The van der Waals surface area contributed by atoms with Crippen LogP contribution < -0.4 is 0 Å². The van der Waals surface area contributed by atoms with Gasteiger partial charge in [0.2, 0.25) is 0 Å². The maximum Gasteiger partial charge on any atom is 0.513 e. The van der Waals surface area contributed by atoms with E-state index in [1.807, 2.05) is 0 Å². The second-order valence-corrected chi connectivity index (χ2v) is 6.11. The normalized spacial score (nSPS) is 15.2. The molecular weight excluding hydrogens is 241 g/mol. The number of hydrogen-bond donors (Lipinski definition) is 0. The van der Waals surface area contributed by atoms with Crippen LogP contribution in [0, 0.1) is 0 Å². The van der Waals surface area contributed by atoms with Gasteiger partial charge in [-0.15, -0.1) is 0 Å². The molecule has 3 nitrogen and oxygen atoms in total. The summed E-state index contributed by atoms with van der Waals surface area (Å²) in [5, 5.41) is 0. The SMILES string of the molecule is CCO[Si](OCC)(OCC)C(C)C(F)(F)F. The molecule has 0 heterocycles. The molecule has 0 aliphatic rings. The molecule has 7 heteroatoms.